The molecule has 0 saturated carbocycles. The van der Waals surface area contributed by atoms with Crippen molar-refractivity contribution in [3.05, 3.63) is 41.5 Å². The van der Waals surface area contributed by atoms with Crippen LogP contribution in [0.4, 0.5) is 27.6 Å². The highest BCUT2D eigenvalue weighted by Gasteiger charge is 2.26. The molecule has 0 bridgehead atoms. The molecule has 0 saturated heterocycles. The maximum atomic E-state index is 14.0. The van der Waals surface area contributed by atoms with E-state index in [1.807, 2.05) is 6.07 Å². The molecule has 0 aliphatic carbocycles. The highest BCUT2D eigenvalue weighted by Crippen LogP contribution is 2.32. The van der Waals surface area contributed by atoms with Gasteiger partial charge in [0.25, 0.3) is 15.9 Å². The summed E-state index contributed by atoms with van der Waals surface area (Å²) in [6.45, 7) is -5.47. The van der Waals surface area contributed by atoms with Crippen molar-refractivity contribution in [2.45, 2.75) is 25.2 Å². The van der Waals surface area contributed by atoms with Crippen molar-refractivity contribution in [1.29, 1.82) is 5.26 Å². The van der Waals surface area contributed by atoms with E-state index in [-0.39, 0.29) is 17.3 Å². The number of aromatic nitrogens is 3. The van der Waals surface area contributed by atoms with Crippen LogP contribution in [0, 0.1) is 24.1 Å². The molecule has 0 fully saturated rings. The van der Waals surface area contributed by atoms with E-state index in [0.717, 1.165) is 10.6 Å². The highest BCUT2D eigenvalue weighted by atomic mass is 32.2. The first kappa shape index (κ1) is 22.0. The number of nitriles is 1. The van der Waals surface area contributed by atoms with Crippen molar-refractivity contribution in [2.24, 2.45) is 0 Å². The van der Waals surface area contributed by atoms with Gasteiger partial charge in [-0.1, -0.05) is 0 Å². The lowest BCUT2D eigenvalue weighted by Crippen LogP contribution is -2.18. The number of hydrogen-bond acceptors (Lipinski definition) is 7. The molecule has 0 aromatic carbocycles. The largest absolute Gasteiger partial charge is 0.415 e. The zero-order valence-electron chi connectivity index (χ0n) is 15.2. The molecule has 3 rings (SSSR count). The summed E-state index contributed by atoms with van der Waals surface area (Å²) >= 11 is 0. The van der Waals surface area contributed by atoms with E-state index in [9.17, 15) is 35.6 Å². The average Bonchev–Trinajstić information content (AvgIpc) is 3.09. The van der Waals surface area contributed by atoms with Crippen LogP contribution in [0.2, 0.25) is 0 Å². The van der Waals surface area contributed by atoms with Gasteiger partial charge in [-0.25, -0.2) is 9.37 Å². The van der Waals surface area contributed by atoms with Gasteiger partial charge in [-0.15, -0.1) is 0 Å². The molecule has 3 aromatic rings. The normalized spacial score (nSPS) is 11.7. The van der Waals surface area contributed by atoms with E-state index < -0.39 is 51.5 Å². The fourth-order valence-electron chi connectivity index (χ4n) is 2.52. The number of alkyl halides is 4. The summed E-state index contributed by atoms with van der Waals surface area (Å²) in [7, 11) is -4.62. The lowest BCUT2D eigenvalue weighted by molar-refractivity contribution is -0.0616. The Morgan fingerprint density at radius 2 is 1.84 bits per heavy atom. The molecule has 3 heterocycles. The predicted octanol–water partition coefficient (Wildman–Crippen LogP) is 3.05. The van der Waals surface area contributed by atoms with Gasteiger partial charge in [-0.2, -0.15) is 36.2 Å². The van der Waals surface area contributed by atoms with Crippen LogP contribution in [0.1, 0.15) is 11.1 Å². The number of pyridine rings is 2. The first-order chi connectivity index (χ1) is 14.5. The van der Waals surface area contributed by atoms with E-state index in [1.54, 1.807) is 11.6 Å². The summed E-state index contributed by atoms with van der Waals surface area (Å²) in [6, 6.07) is 3.60. The molecule has 31 heavy (non-hydrogen) atoms. The van der Waals surface area contributed by atoms with Gasteiger partial charge in [0, 0.05) is 12.3 Å². The second-order valence-corrected chi connectivity index (χ2v) is 7.40. The van der Waals surface area contributed by atoms with E-state index in [0.29, 0.717) is 5.56 Å². The summed E-state index contributed by atoms with van der Waals surface area (Å²) in [5.74, 6) is -4.16. The van der Waals surface area contributed by atoms with Crippen LogP contribution < -0.4 is 14.2 Å². The lowest BCUT2D eigenvalue weighted by Gasteiger charge is -2.14. The molecule has 0 spiro atoms. The van der Waals surface area contributed by atoms with Crippen LogP contribution in [0.25, 0.3) is 5.65 Å². The second kappa shape index (κ2) is 8.22. The molecule has 0 amide bonds. The number of imidazole rings is 1. The Morgan fingerprint density at radius 1 is 1.19 bits per heavy atom. The number of nitrogens with zero attached hydrogens (tertiary/aromatic N) is 4. The summed E-state index contributed by atoms with van der Waals surface area (Å²) in [4.78, 5) is 6.92. The van der Waals surface area contributed by atoms with Crippen LogP contribution in [0.3, 0.4) is 0 Å². The van der Waals surface area contributed by atoms with Crippen molar-refractivity contribution in [3.8, 4) is 17.8 Å². The monoisotopic (exact) mass is 463 g/mol. The van der Waals surface area contributed by atoms with Crippen molar-refractivity contribution in [1.82, 2.24) is 14.4 Å². The number of hydrogen-bond donors (Lipinski definition) is 1. The molecular formula is C16H10F5N5O4S. The fraction of sp³-hybridized carbons (Fsp3) is 0.188. The Kier molecular flexibility index (Phi) is 5.84. The third-order valence-corrected chi connectivity index (χ3v) is 5.14. The molecule has 0 unspecified atom stereocenters. The topological polar surface area (TPSA) is 119 Å². The second-order valence-electron chi connectivity index (χ2n) is 5.77. The summed E-state index contributed by atoms with van der Waals surface area (Å²) in [5, 5.41) is 8.70. The molecule has 0 aliphatic rings. The summed E-state index contributed by atoms with van der Waals surface area (Å²) in [6.07, 6.45) is 2.17. The van der Waals surface area contributed by atoms with Gasteiger partial charge in [0.1, 0.15) is 11.8 Å². The standard InChI is InChI=1S/C16H10F5N5O4S/c1-7-2-3-26-11(6-23-12(26)8(7)5-22)31(27,28)25-10-4-9(17)13(29-15(18)19)24-14(10)30-16(20)21/h2-4,6,15-16,25H,1H3. The molecule has 15 heteroatoms. The van der Waals surface area contributed by atoms with E-state index >= 15 is 0 Å². The van der Waals surface area contributed by atoms with Crippen LogP contribution in [0.15, 0.2) is 29.6 Å². The summed E-state index contributed by atoms with van der Waals surface area (Å²) < 4.78 is 100. The Balaban J connectivity index is 2.08. The highest BCUT2D eigenvalue weighted by molar-refractivity contribution is 7.92. The molecule has 0 atom stereocenters. The third kappa shape index (κ3) is 4.43. The van der Waals surface area contributed by atoms with E-state index in [1.165, 1.54) is 12.3 Å². The minimum Gasteiger partial charge on any atom is -0.415 e. The van der Waals surface area contributed by atoms with Crippen molar-refractivity contribution < 1.29 is 39.8 Å². The van der Waals surface area contributed by atoms with Crippen LogP contribution in [-0.4, -0.2) is 36.0 Å². The number of fused-ring (bicyclic) bond motifs is 1. The Bertz CT molecular complexity index is 1290. The first-order valence-corrected chi connectivity index (χ1v) is 9.51. The zero-order chi connectivity index (χ0) is 22.9. The number of anilines is 1. The zero-order valence-corrected chi connectivity index (χ0v) is 16.0. The average molecular weight is 463 g/mol. The Hall–Kier alpha value is -3.67. The van der Waals surface area contributed by atoms with Gasteiger partial charge in [0.2, 0.25) is 5.88 Å². The quantitative estimate of drug-likeness (QED) is 0.535. The number of nitrogens with one attached hydrogen (secondary N) is 1. The number of sulfonamides is 1. The van der Waals surface area contributed by atoms with Crippen LogP contribution >= 0.6 is 0 Å². The molecule has 9 nitrogen and oxygen atoms in total. The molecular weight excluding hydrogens is 453 g/mol. The van der Waals surface area contributed by atoms with E-state index in [4.69, 9.17) is 0 Å². The van der Waals surface area contributed by atoms with Gasteiger partial charge in [-0.3, -0.25) is 9.12 Å². The Morgan fingerprint density at radius 3 is 2.45 bits per heavy atom. The molecule has 0 aliphatic heterocycles. The van der Waals surface area contributed by atoms with Crippen molar-refractivity contribution in [3.63, 3.8) is 0 Å². The van der Waals surface area contributed by atoms with Gasteiger partial charge in [0.15, 0.2) is 16.5 Å². The van der Waals surface area contributed by atoms with Gasteiger partial charge in [0.05, 0.1) is 11.8 Å². The maximum Gasteiger partial charge on any atom is 0.388 e. The third-order valence-electron chi connectivity index (χ3n) is 3.80. The number of rotatable bonds is 7. The van der Waals surface area contributed by atoms with Crippen LogP contribution in [-0.2, 0) is 10.0 Å². The minimum absolute atomic E-state index is 0.00286. The number of ether oxygens (including phenoxy) is 2. The molecule has 1 N–H and O–H groups in total. The predicted molar refractivity (Wildman–Crippen MR) is 92.9 cm³/mol. The molecule has 3 aromatic heterocycles. The van der Waals surface area contributed by atoms with Crippen molar-refractivity contribution in [2.75, 3.05) is 4.72 Å². The van der Waals surface area contributed by atoms with E-state index in [2.05, 4.69) is 19.4 Å². The SMILES string of the molecule is Cc1ccn2c(S(=O)(=O)Nc3cc(F)c(OC(F)F)nc3OC(F)F)cnc2c1C#N. The molecule has 164 valence electrons. The van der Waals surface area contributed by atoms with Gasteiger partial charge in [-0.05, 0) is 18.6 Å². The lowest BCUT2D eigenvalue weighted by atomic mass is 10.2. The Labute approximate surface area is 170 Å². The fourth-order valence-corrected chi connectivity index (χ4v) is 3.66. The molecule has 0 radical (unpaired) electrons. The van der Waals surface area contributed by atoms with Gasteiger partial charge >= 0.3 is 13.2 Å². The summed E-state index contributed by atoms with van der Waals surface area (Å²) in [5.41, 5.74) is -0.309. The number of halogens is 5. The smallest absolute Gasteiger partial charge is 0.388 e. The maximum absolute atomic E-state index is 14.0. The number of aryl methyl sites for hydroxylation is 1. The van der Waals surface area contributed by atoms with Crippen LogP contribution in [0.5, 0.6) is 11.8 Å². The first-order valence-electron chi connectivity index (χ1n) is 8.03. The minimum atomic E-state index is -4.62. The van der Waals surface area contributed by atoms with Crippen molar-refractivity contribution >= 4 is 21.4 Å². The van der Waals surface area contributed by atoms with Gasteiger partial charge < -0.3 is 9.47 Å².